The average molecular weight is 246 g/mol. The summed E-state index contributed by atoms with van der Waals surface area (Å²) in [4.78, 5) is 0. The molecule has 1 N–H and O–H groups in total. The van der Waals surface area contributed by atoms with Gasteiger partial charge in [-0.05, 0) is 25.8 Å². The topological polar surface area (TPSA) is 42.7 Å². The first-order chi connectivity index (χ1) is 8.04. The number of aromatic nitrogens is 3. The molecule has 0 aliphatic heterocycles. The first kappa shape index (κ1) is 14.0. The largest absolute Gasteiger partial charge is 0.314 e. The molecule has 0 unspecified atom stereocenters. The molecule has 98 valence electrons. The quantitative estimate of drug-likeness (QED) is 0.798. The highest BCUT2D eigenvalue weighted by atomic mass is 19.3. The summed E-state index contributed by atoms with van der Waals surface area (Å²) in [5.41, 5.74) is 1.60. The van der Waals surface area contributed by atoms with E-state index in [1.54, 1.807) is 7.05 Å². The molecule has 0 saturated heterocycles. The molecule has 0 amide bonds. The van der Waals surface area contributed by atoms with Crippen LogP contribution in [0.2, 0.25) is 0 Å². The van der Waals surface area contributed by atoms with Crippen LogP contribution in [0, 0.1) is 5.92 Å². The SMILES string of the molecule is CNCc1nnn(CC(F)F)c1CCC(C)C. The van der Waals surface area contributed by atoms with Crippen LogP contribution in [0.15, 0.2) is 0 Å². The predicted molar refractivity (Wildman–Crippen MR) is 61.9 cm³/mol. The molecular weight excluding hydrogens is 226 g/mol. The van der Waals surface area contributed by atoms with Crippen molar-refractivity contribution in [3.63, 3.8) is 0 Å². The predicted octanol–water partition coefficient (Wildman–Crippen LogP) is 1.85. The molecule has 1 heterocycles. The monoisotopic (exact) mass is 246 g/mol. The molecule has 0 spiro atoms. The smallest absolute Gasteiger partial charge is 0.257 e. The van der Waals surface area contributed by atoms with E-state index >= 15 is 0 Å². The highest BCUT2D eigenvalue weighted by molar-refractivity contribution is 5.10. The average Bonchev–Trinajstić information content (AvgIpc) is 2.58. The van der Waals surface area contributed by atoms with Crippen LogP contribution < -0.4 is 5.32 Å². The van der Waals surface area contributed by atoms with Gasteiger partial charge in [0.2, 0.25) is 0 Å². The van der Waals surface area contributed by atoms with Crippen molar-refractivity contribution in [3.05, 3.63) is 11.4 Å². The Labute approximate surface area is 100 Å². The van der Waals surface area contributed by atoms with E-state index in [0.29, 0.717) is 12.5 Å². The Balaban J connectivity index is 2.81. The molecule has 0 radical (unpaired) electrons. The lowest BCUT2D eigenvalue weighted by Crippen LogP contribution is -2.14. The van der Waals surface area contributed by atoms with Crippen LogP contribution >= 0.6 is 0 Å². The van der Waals surface area contributed by atoms with E-state index in [-0.39, 0.29) is 6.54 Å². The molecule has 0 fully saturated rings. The maximum absolute atomic E-state index is 12.4. The van der Waals surface area contributed by atoms with Crippen molar-refractivity contribution in [2.75, 3.05) is 7.05 Å². The zero-order valence-electron chi connectivity index (χ0n) is 10.6. The molecule has 0 bridgehead atoms. The van der Waals surface area contributed by atoms with E-state index < -0.39 is 6.43 Å². The minimum atomic E-state index is -2.39. The van der Waals surface area contributed by atoms with Gasteiger partial charge in [0.15, 0.2) is 0 Å². The lowest BCUT2D eigenvalue weighted by Gasteiger charge is -2.09. The summed E-state index contributed by atoms with van der Waals surface area (Å²) in [6, 6.07) is 0. The summed E-state index contributed by atoms with van der Waals surface area (Å²) in [5.74, 6) is 0.535. The molecule has 1 rings (SSSR count). The lowest BCUT2D eigenvalue weighted by molar-refractivity contribution is 0.119. The standard InChI is InChI=1S/C11H20F2N4/c1-8(2)4-5-10-9(6-14-3)15-16-17(10)7-11(12)13/h8,11,14H,4-7H2,1-3H3. The van der Waals surface area contributed by atoms with Crippen molar-refractivity contribution >= 4 is 0 Å². The Kier molecular flexibility index (Phi) is 5.47. The Bertz CT molecular complexity index is 336. The first-order valence-electron chi connectivity index (χ1n) is 5.88. The molecule has 0 saturated carbocycles. The van der Waals surface area contributed by atoms with E-state index in [2.05, 4.69) is 29.5 Å². The molecule has 0 aromatic carbocycles. The Morgan fingerprint density at radius 3 is 2.59 bits per heavy atom. The van der Waals surface area contributed by atoms with Gasteiger partial charge >= 0.3 is 0 Å². The van der Waals surface area contributed by atoms with Crippen LogP contribution in [0.5, 0.6) is 0 Å². The summed E-state index contributed by atoms with van der Waals surface area (Å²) < 4.78 is 26.1. The van der Waals surface area contributed by atoms with Gasteiger partial charge in [0.05, 0.1) is 11.4 Å². The van der Waals surface area contributed by atoms with Gasteiger partial charge < -0.3 is 5.32 Å². The van der Waals surface area contributed by atoms with Crippen molar-refractivity contribution in [3.8, 4) is 0 Å². The number of rotatable bonds is 7. The second kappa shape index (κ2) is 6.64. The minimum absolute atomic E-state index is 0.371. The van der Waals surface area contributed by atoms with E-state index in [1.807, 2.05) is 0 Å². The fraction of sp³-hybridized carbons (Fsp3) is 0.818. The summed E-state index contributed by atoms with van der Waals surface area (Å²) >= 11 is 0. The maximum atomic E-state index is 12.4. The lowest BCUT2D eigenvalue weighted by atomic mass is 10.1. The fourth-order valence-corrected chi connectivity index (χ4v) is 1.65. The van der Waals surface area contributed by atoms with Gasteiger partial charge in [0.1, 0.15) is 6.54 Å². The Hall–Kier alpha value is -1.04. The zero-order valence-corrected chi connectivity index (χ0v) is 10.6. The van der Waals surface area contributed by atoms with Crippen LogP contribution in [0.1, 0.15) is 31.7 Å². The number of nitrogens with zero attached hydrogens (tertiary/aromatic N) is 3. The van der Waals surface area contributed by atoms with Crippen LogP contribution in [-0.4, -0.2) is 28.5 Å². The van der Waals surface area contributed by atoms with Gasteiger partial charge in [-0.1, -0.05) is 19.1 Å². The van der Waals surface area contributed by atoms with Gasteiger partial charge in [0.25, 0.3) is 6.43 Å². The van der Waals surface area contributed by atoms with E-state index in [4.69, 9.17) is 0 Å². The molecule has 1 aromatic rings. The van der Waals surface area contributed by atoms with Crippen LogP contribution in [-0.2, 0) is 19.5 Å². The first-order valence-corrected chi connectivity index (χ1v) is 5.88. The number of alkyl halides is 2. The summed E-state index contributed by atoms with van der Waals surface area (Å²) in [5, 5.41) is 10.7. The zero-order chi connectivity index (χ0) is 12.8. The van der Waals surface area contributed by atoms with Gasteiger partial charge in [-0.15, -0.1) is 5.10 Å². The van der Waals surface area contributed by atoms with E-state index in [9.17, 15) is 8.78 Å². The molecule has 6 heteroatoms. The molecule has 0 atom stereocenters. The minimum Gasteiger partial charge on any atom is -0.314 e. The van der Waals surface area contributed by atoms with E-state index in [1.165, 1.54) is 4.68 Å². The van der Waals surface area contributed by atoms with Gasteiger partial charge in [-0.25, -0.2) is 13.5 Å². The summed E-state index contributed by atoms with van der Waals surface area (Å²) in [7, 11) is 1.80. The molecule has 0 aliphatic rings. The number of nitrogens with one attached hydrogen (secondary N) is 1. The molecule has 4 nitrogen and oxygen atoms in total. The van der Waals surface area contributed by atoms with Crippen molar-refractivity contribution in [1.29, 1.82) is 0 Å². The number of halogens is 2. The molecule has 17 heavy (non-hydrogen) atoms. The van der Waals surface area contributed by atoms with Gasteiger partial charge in [0, 0.05) is 6.54 Å². The molecular formula is C11H20F2N4. The van der Waals surface area contributed by atoms with Crippen molar-refractivity contribution < 1.29 is 8.78 Å². The van der Waals surface area contributed by atoms with Crippen LogP contribution in [0.25, 0.3) is 0 Å². The second-order valence-corrected chi connectivity index (χ2v) is 4.52. The summed E-state index contributed by atoms with van der Waals surface area (Å²) in [6.07, 6.45) is -0.696. The Morgan fingerprint density at radius 1 is 1.35 bits per heavy atom. The normalized spacial score (nSPS) is 11.7. The summed E-state index contributed by atoms with van der Waals surface area (Å²) in [6.45, 7) is 4.42. The van der Waals surface area contributed by atoms with Crippen LogP contribution in [0.4, 0.5) is 8.78 Å². The molecule has 1 aromatic heterocycles. The second-order valence-electron chi connectivity index (χ2n) is 4.52. The number of hydrogen-bond acceptors (Lipinski definition) is 3. The van der Waals surface area contributed by atoms with Gasteiger partial charge in [-0.3, -0.25) is 0 Å². The fourth-order valence-electron chi connectivity index (χ4n) is 1.65. The van der Waals surface area contributed by atoms with Gasteiger partial charge in [-0.2, -0.15) is 0 Å². The van der Waals surface area contributed by atoms with Crippen molar-refractivity contribution in [2.45, 2.75) is 46.2 Å². The van der Waals surface area contributed by atoms with Crippen molar-refractivity contribution in [1.82, 2.24) is 20.3 Å². The Morgan fingerprint density at radius 2 is 2.06 bits per heavy atom. The highest BCUT2D eigenvalue weighted by Gasteiger charge is 2.15. The maximum Gasteiger partial charge on any atom is 0.257 e. The van der Waals surface area contributed by atoms with Crippen molar-refractivity contribution in [2.24, 2.45) is 5.92 Å². The third-order valence-corrected chi connectivity index (χ3v) is 2.53. The highest BCUT2D eigenvalue weighted by Crippen LogP contribution is 2.13. The third kappa shape index (κ3) is 4.38. The third-order valence-electron chi connectivity index (χ3n) is 2.53. The molecule has 0 aliphatic carbocycles. The number of hydrogen-bond donors (Lipinski definition) is 1. The van der Waals surface area contributed by atoms with Crippen LogP contribution in [0.3, 0.4) is 0 Å². The van der Waals surface area contributed by atoms with E-state index in [0.717, 1.165) is 24.2 Å².